The minimum Gasteiger partial charge on any atom is -0.312 e. The maximum atomic E-state index is 3.70. The van der Waals surface area contributed by atoms with Crippen LogP contribution in [-0.2, 0) is 6.54 Å². The van der Waals surface area contributed by atoms with Crippen molar-refractivity contribution in [2.24, 2.45) is 17.8 Å². The Labute approximate surface area is 167 Å². The fourth-order valence-electron chi connectivity index (χ4n) is 5.01. The van der Waals surface area contributed by atoms with E-state index >= 15 is 0 Å². The smallest absolute Gasteiger partial charge is 0.0346 e. The van der Waals surface area contributed by atoms with Crippen molar-refractivity contribution in [2.75, 3.05) is 12.8 Å². The van der Waals surface area contributed by atoms with Gasteiger partial charge in [-0.05, 0) is 86.1 Å². The Morgan fingerprint density at radius 1 is 1.00 bits per heavy atom. The van der Waals surface area contributed by atoms with Gasteiger partial charge in [0.2, 0.25) is 0 Å². The molecule has 0 amide bonds. The van der Waals surface area contributed by atoms with Crippen LogP contribution in [0, 0.1) is 17.8 Å². The number of hydrogen-bond acceptors (Lipinski definition) is 3. The number of thiophene rings is 1. The van der Waals surface area contributed by atoms with Crippen LogP contribution in [0.5, 0.6) is 0 Å². The highest BCUT2D eigenvalue weighted by atomic mass is 32.2. The highest BCUT2D eigenvalue weighted by Crippen LogP contribution is 2.43. The molecule has 140 valence electrons. The molecule has 2 aliphatic carbocycles. The Morgan fingerprint density at radius 3 is 2.50 bits per heavy atom. The van der Waals surface area contributed by atoms with Gasteiger partial charge in [-0.25, -0.2) is 0 Å². The first-order valence-electron chi connectivity index (χ1n) is 10.2. The summed E-state index contributed by atoms with van der Waals surface area (Å²) in [5.41, 5.74) is 1.34. The van der Waals surface area contributed by atoms with Gasteiger partial charge in [0.05, 0.1) is 0 Å². The third-order valence-electron chi connectivity index (χ3n) is 6.29. The van der Waals surface area contributed by atoms with Gasteiger partial charge >= 0.3 is 0 Å². The molecule has 1 aromatic carbocycles. The van der Waals surface area contributed by atoms with E-state index in [2.05, 4.69) is 48.0 Å². The first kappa shape index (κ1) is 18.6. The van der Waals surface area contributed by atoms with Crippen molar-refractivity contribution >= 4 is 23.1 Å². The number of thioether (sulfide) groups is 1. The molecule has 1 heterocycles. The van der Waals surface area contributed by atoms with Crippen LogP contribution < -0.4 is 5.32 Å². The number of fused-ring (bicyclic) bond motifs is 2. The van der Waals surface area contributed by atoms with Crippen molar-refractivity contribution in [1.82, 2.24) is 5.32 Å². The molecule has 2 saturated carbocycles. The lowest BCUT2D eigenvalue weighted by atomic mass is 9.67. The maximum absolute atomic E-state index is 3.70. The van der Waals surface area contributed by atoms with Gasteiger partial charge in [0.25, 0.3) is 0 Å². The SMILES string of the molecule is CSc1ccc(-c2ccc(CNCCC3CC4CCCC(C4)C3)s2)cc1. The van der Waals surface area contributed by atoms with Crippen LogP contribution in [0.1, 0.15) is 49.8 Å². The van der Waals surface area contributed by atoms with Crippen molar-refractivity contribution in [3.05, 3.63) is 41.3 Å². The zero-order chi connectivity index (χ0) is 17.8. The van der Waals surface area contributed by atoms with Crippen molar-refractivity contribution in [1.29, 1.82) is 0 Å². The third kappa shape index (κ3) is 4.74. The van der Waals surface area contributed by atoms with E-state index < -0.39 is 0 Å². The molecule has 2 aliphatic rings. The summed E-state index contributed by atoms with van der Waals surface area (Å²) < 4.78 is 0. The van der Waals surface area contributed by atoms with Crippen LogP contribution in [-0.4, -0.2) is 12.8 Å². The summed E-state index contributed by atoms with van der Waals surface area (Å²) in [7, 11) is 0. The van der Waals surface area contributed by atoms with E-state index in [0.717, 1.165) is 24.3 Å². The summed E-state index contributed by atoms with van der Waals surface area (Å²) in [4.78, 5) is 4.17. The highest BCUT2D eigenvalue weighted by molar-refractivity contribution is 7.98. The normalized spacial score (nSPS) is 25.3. The quantitative estimate of drug-likeness (QED) is 0.414. The van der Waals surface area contributed by atoms with Crippen molar-refractivity contribution in [3.8, 4) is 10.4 Å². The molecule has 3 heteroatoms. The van der Waals surface area contributed by atoms with E-state index in [9.17, 15) is 0 Å². The van der Waals surface area contributed by atoms with Crippen molar-refractivity contribution in [2.45, 2.75) is 56.4 Å². The molecule has 0 saturated heterocycles. The van der Waals surface area contributed by atoms with Gasteiger partial charge < -0.3 is 5.32 Å². The fraction of sp³-hybridized carbons (Fsp3) is 0.565. The van der Waals surface area contributed by atoms with Crippen LogP contribution in [0.25, 0.3) is 10.4 Å². The second-order valence-corrected chi connectivity index (χ2v) is 10.2. The Balaban J connectivity index is 1.22. The summed E-state index contributed by atoms with van der Waals surface area (Å²) in [6, 6.07) is 13.5. The molecule has 2 fully saturated rings. The molecule has 2 aromatic rings. The lowest BCUT2D eigenvalue weighted by Crippen LogP contribution is -2.28. The monoisotopic (exact) mass is 385 g/mol. The zero-order valence-corrected chi connectivity index (χ0v) is 17.5. The predicted octanol–water partition coefficient (Wildman–Crippen LogP) is 6.83. The van der Waals surface area contributed by atoms with E-state index in [1.807, 2.05) is 11.3 Å². The Kier molecular flexibility index (Phi) is 6.40. The van der Waals surface area contributed by atoms with Crippen LogP contribution >= 0.6 is 23.1 Å². The molecule has 1 nitrogen and oxygen atoms in total. The minimum atomic E-state index is 0.986. The van der Waals surface area contributed by atoms with Gasteiger partial charge in [-0.2, -0.15) is 0 Å². The number of hydrogen-bond donors (Lipinski definition) is 1. The van der Waals surface area contributed by atoms with E-state index in [1.54, 1.807) is 18.2 Å². The Morgan fingerprint density at radius 2 is 1.77 bits per heavy atom. The summed E-state index contributed by atoms with van der Waals surface area (Å²) >= 11 is 3.73. The number of benzene rings is 1. The number of nitrogens with one attached hydrogen (secondary N) is 1. The topological polar surface area (TPSA) is 12.0 Å². The molecule has 2 unspecified atom stereocenters. The molecular weight excluding hydrogens is 354 g/mol. The van der Waals surface area contributed by atoms with Gasteiger partial charge in [-0.1, -0.05) is 31.4 Å². The molecule has 0 aliphatic heterocycles. The van der Waals surface area contributed by atoms with Gasteiger partial charge in [0.15, 0.2) is 0 Å². The molecular formula is C23H31NS2. The van der Waals surface area contributed by atoms with Crippen LogP contribution in [0.4, 0.5) is 0 Å². The number of rotatable bonds is 7. The summed E-state index contributed by atoms with van der Waals surface area (Å²) in [5.74, 6) is 3.11. The lowest BCUT2D eigenvalue weighted by molar-refractivity contribution is 0.132. The Hall–Kier alpha value is -0.770. The molecule has 26 heavy (non-hydrogen) atoms. The average Bonchev–Trinajstić information content (AvgIpc) is 3.14. The first-order valence-corrected chi connectivity index (χ1v) is 12.3. The van der Waals surface area contributed by atoms with Gasteiger partial charge in [-0.3, -0.25) is 0 Å². The summed E-state index contributed by atoms with van der Waals surface area (Å²) in [6.07, 6.45) is 12.6. The molecule has 4 rings (SSSR count). The lowest BCUT2D eigenvalue weighted by Gasteiger charge is -2.39. The van der Waals surface area contributed by atoms with E-state index in [4.69, 9.17) is 0 Å². The summed E-state index contributed by atoms with van der Waals surface area (Å²) in [6.45, 7) is 2.20. The van der Waals surface area contributed by atoms with Crippen molar-refractivity contribution < 1.29 is 0 Å². The molecule has 1 N–H and O–H groups in total. The predicted molar refractivity (Wildman–Crippen MR) is 116 cm³/mol. The second-order valence-electron chi connectivity index (χ2n) is 8.20. The highest BCUT2D eigenvalue weighted by Gasteiger charge is 2.31. The van der Waals surface area contributed by atoms with E-state index in [1.165, 1.54) is 65.3 Å². The summed E-state index contributed by atoms with van der Waals surface area (Å²) in [5, 5.41) is 3.70. The Bertz CT molecular complexity index is 678. The van der Waals surface area contributed by atoms with Crippen LogP contribution in [0.2, 0.25) is 0 Å². The minimum absolute atomic E-state index is 0.986. The van der Waals surface area contributed by atoms with Crippen LogP contribution in [0.15, 0.2) is 41.3 Å². The second kappa shape index (κ2) is 8.95. The van der Waals surface area contributed by atoms with E-state index in [0.29, 0.717) is 0 Å². The molecule has 0 radical (unpaired) electrons. The van der Waals surface area contributed by atoms with Gasteiger partial charge in [0.1, 0.15) is 0 Å². The molecule has 2 atom stereocenters. The average molecular weight is 386 g/mol. The van der Waals surface area contributed by atoms with E-state index in [-0.39, 0.29) is 0 Å². The third-order valence-corrected chi connectivity index (χ3v) is 8.17. The zero-order valence-electron chi connectivity index (χ0n) is 15.9. The van der Waals surface area contributed by atoms with Crippen LogP contribution in [0.3, 0.4) is 0 Å². The standard InChI is InChI=1S/C23H31NS2/c1-25-21-7-5-20(6-8-21)23-10-9-22(26-23)16-24-12-11-19-14-17-3-2-4-18(13-17)15-19/h5-10,17-19,24H,2-4,11-16H2,1H3. The van der Waals surface area contributed by atoms with Crippen molar-refractivity contribution in [3.63, 3.8) is 0 Å². The molecule has 0 spiro atoms. The molecule has 1 aromatic heterocycles. The first-order chi connectivity index (χ1) is 12.8. The molecule has 2 bridgehead atoms. The maximum Gasteiger partial charge on any atom is 0.0346 e. The van der Waals surface area contributed by atoms with Gasteiger partial charge in [-0.15, -0.1) is 23.1 Å². The fourth-order valence-corrected chi connectivity index (χ4v) is 6.40. The largest absolute Gasteiger partial charge is 0.312 e. The van der Waals surface area contributed by atoms with Gasteiger partial charge in [0, 0.05) is 21.2 Å².